The quantitative estimate of drug-likeness (QED) is 0.674. The summed E-state index contributed by atoms with van der Waals surface area (Å²) in [5, 5.41) is 2.61. The van der Waals surface area contributed by atoms with Crippen molar-refractivity contribution in [3.05, 3.63) is 17.7 Å². The van der Waals surface area contributed by atoms with Gasteiger partial charge in [0.1, 0.15) is 0 Å². The third kappa shape index (κ3) is 4.77. The molecule has 1 fully saturated rings. The van der Waals surface area contributed by atoms with Crippen LogP contribution in [0.5, 0.6) is 17.2 Å². The number of amides is 1. The maximum absolute atomic E-state index is 12.4. The molecule has 10 heteroatoms. The Hall–Kier alpha value is -2.04. The van der Waals surface area contributed by atoms with Crippen molar-refractivity contribution < 1.29 is 32.2 Å². The Kier molecular flexibility index (Phi) is 7.06. The summed E-state index contributed by atoms with van der Waals surface area (Å²) in [6.45, 7) is 1.44. The fraction of sp³-hybridized carbons (Fsp3) is 0.562. The maximum Gasteiger partial charge on any atom is 0.251 e. The van der Waals surface area contributed by atoms with E-state index in [4.69, 9.17) is 18.9 Å². The fourth-order valence-electron chi connectivity index (χ4n) is 2.56. The van der Waals surface area contributed by atoms with Crippen LogP contribution in [0, 0.1) is 0 Å². The van der Waals surface area contributed by atoms with Crippen molar-refractivity contribution in [2.24, 2.45) is 0 Å². The van der Waals surface area contributed by atoms with E-state index in [0.717, 1.165) is 0 Å². The average molecular weight is 388 g/mol. The third-order valence-electron chi connectivity index (χ3n) is 3.94. The smallest absolute Gasteiger partial charge is 0.251 e. The highest BCUT2D eigenvalue weighted by Crippen LogP contribution is 2.38. The summed E-state index contributed by atoms with van der Waals surface area (Å²) in [4.78, 5) is 12.4. The highest BCUT2D eigenvalue weighted by Gasteiger charge is 2.24. The van der Waals surface area contributed by atoms with Crippen molar-refractivity contribution in [3.8, 4) is 17.2 Å². The third-order valence-corrected chi connectivity index (χ3v) is 5.81. The van der Waals surface area contributed by atoms with E-state index in [2.05, 4.69) is 5.32 Å². The van der Waals surface area contributed by atoms with E-state index in [-0.39, 0.29) is 17.9 Å². The second-order valence-corrected chi connectivity index (χ2v) is 7.59. The zero-order chi connectivity index (χ0) is 19.2. The summed E-state index contributed by atoms with van der Waals surface area (Å²) in [6, 6.07) is 3.01. The van der Waals surface area contributed by atoms with Crippen LogP contribution in [0.4, 0.5) is 0 Å². The van der Waals surface area contributed by atoms with Gasteiger partial charge in [0.15, 0.2) is 11.5 Å². The molecule has 0 atom stereocenters. The van der Waals surface area contributed by atoms with Crippen LogP contribution in [0.1, 0.15) is 10.4 Å². The molecule has 0 aromatic heterocycles. The minimum Gasteiger partial charge on any atom is -0.493 e. The number of morpholine rings is 1. The molecule has 1 aromatic carbocycles. The van der Waals surface area contributed by atoms with Gasteiger partial charge in [0.05, 0.1) is 40.3 Å². The van der Waals surface area contributed by atoms with Crippen molar-refractivity contribution in [3.63, 3.8) is 0 Å². The van der Waals surface area contributed by atoms with Gasteiger partial charge in [-0.3, -0.25) is 4.79 Å². The number of methoxy groups -OCH3 is 3. The van der Waals surface area contributed by atoms with Gasteiger partial charge in [-0.25, -0.2) is 8.42 Å². The largest absolute Gasteiger partial charge is 0.493 e. The number of hydrogen-bond donors (Lipinski definition) is 1. The molecule has 1 aromatic rings. The van der Waals surface area contributed by atoms with Gasteiger partial charge in [0.2, 0.25) is 15.8 Å². The summed E-state index contributed by atoms with van der Waals surface area (Å²) < 4.78 is 46.7. The Labute approximate surface area is 153 Å². The summed E-state index contributed by atoms with van der Waals surface area (Å²) >= 11 is 0. The molecule has 0 radical (unpaired) electrons. The van der Waals surface area contributed by atoms with Gasteiger partial charge in [-0.1, -0.05) is 0 Å². The molecule has 1 amide bonds. The highest BCUT2D eigenvalue weighted by molar-refractivity contribution is 7.89. The van der Waals surface area contributed by atoms with Gasteiger partial charge in [-0.15, -0.1) is 0 Å². The summed E-state index contributed by atoms with van der Waals surface area (Å²) in [6.07, 6.45) is 0. The highest BCUT2D eigenvalue weighted by atomic mass is 32.2. The lowest BCUT2D eigenvalue weighted by atomic mass is 10.1. The van der Waals surface area contributed by atoms with Gasteiger partial charge in [-0.05, 0) is 12.1 Å². The number of carbonyl (C=O) groups is 1. The SMILES string of the molecule is COc1cc(C(=O)NCCS(=O)(=O)N2CCOCC2)cc(OC)c1OC. The molecule has 146 valence electrons. The van der Waals surface area contributed by atoms with Crippen LogP contribution in [-0.4, -0.2) is 78.6 Å². The Bertz CT molecular complexity index is 705. The minimum absolute atomic E-state index is 0.00478. The lowest BCUT2D eigenvalue weighted by Gasteiger charge is -2.26. The zero-order valence-electron chi connectivity index (χ0n) is 15.1. The van der Waals surface area contributed by atoms with E-state index in [1.807, 2.05) is 0 Å². The Morgan fingerprint density at radius 1 is 1.12 bits per heavy atom. The molecule has 1 aliphatic heterocycles. The predicted molar refractivity (Wildman–Crippen MR) is 94.6 cm³/mol. The lowest BCUT2D eigenvalue weighted by Crippen LogP contribution is -2.43. The number of sulfonamides is 1. The Balaban J connectivity index is 2.01. The standard InChI is InChI=1S/C16H24N2O7S/c1-22-13-10-12(11-14(23-2)15(13)24-3)16(19)17-4-9-26(20,21)18-5-7-25-8-6-18/h10-11H,4-9H2,1-3H3,(H,17,19). The zero-order valence-corrected chi connectivity index (χ0v) is 15.9. The van der Waals surface area contributed by atoms with Crippen molar-refractivity contribution in [2.75, 3.05) is 59.9 Å². The monoisotopic (exact) mass is 388 g/mol. The summed E-state index contributed by atoms with van der Waals surface area (Å²) in [7, 11) is 0.945. The molecule has 1 heterocycles. The van der Waals surface area contributed by atoms with Crippen LogP contribution in [0.3, 0.4) is 0 Å². The van der Waals surface area contributed by atoms with Crippen molar-refractivity contribution >= 4 is 15.9 Å². The number of nitrogens with zero attached hydrogens (tertiary/aromatic N) is 1. The van der Waals surface area contributed by atoms with Crippen LogP contribution in [0.2, 0.25) is 0 Å². The van der Waals surface area contributed by atoms with Gasteiger partial charge < -0.3 is 24.3 Å². The van der Waals surface area contributed by atoms with Crippen molar-refractivity contribution in [2.45, 2.75) is 0 Å². The first kappa shape index (κ1) is 20.3. The predicted octanol–water partition coefficient (Wildman–Crippen LogP) is 0.104. The normalized spacial score (nSPS) is 15.3. The van der Waals surface area contributed by atoms with E-state index in [0.29, 0.717) is 43.6 Å². The maximum atomic E-state index is 12.4. The molecule has 2 rings (SSSR count). The number of ether oxygens (including phenoxy) is 4. The Morgan fingerprint density at radius 3 is 2.19 bits per heavy atom. The molecule has 26 heavy (non-hydrogen) atoms. The van der Waals surface area contributed by atoms with E-state index >= 15 is 0 Å². The average Bonchev–Trinajstić information content (AvgIpc) is 2.67. The number of rotatable bonds is 8. The first-order chi connectivity index (χ1) is 12.4. The molecule has 1 saturated heterocycles. The first-order valence-electron chi connectivity index (χ1n) is 8.06. The first-order valence-corrected chi connectivity index (χ1v) is 9.67. The van der Waals surface area contributed by atoms with Crippen molar-refractivity contribution in [1.82, 2.24) is 9.62 Å². The molecular formula is C16H24N2O7S. The second kappa shape index (κ2) is 9.06. The van der Waals surface area contributed by atoms with Crippen LogP contribution < -0.4 is 19.5 Å². The molecule has 0 unspecified atom stereocenters. The van der Waals surface area contributed by atoms with Crippen LogP contribution >= 0.6 is 0 Å². The van der Waals surface area contributed by atoms with E-state index in [1.165, 1.54) is 37.8 Å². The molecule has 1 aliphatic rings. The molecule has 0 spiro atoms. The molecular weight excluding hydrogens is 364 g/mol. The molecule has 0 aliphatic carbocycles. The summed E-state index contributed by atoms with van der Waals surface area (Å²) in [5.41, 5.74) is 0.281. The van der Waals surface area contributed by atoms with Gasteiger partial charge in [0, 0.05) is 25.2 Å². The second-order valence-electron chi connectivity index (χ2n) is 5.50. The molecule has 0 saturated carbocycles. The number of benzene rings is 1. The van der Waals surface area contributed by atoms with Gasteiger partial charge in [0.25, 0.3) is 5.91 Å². The van der Waals surface area contributed by atoms with Crippen molar-refractivity contribution in [1.29, 1.82) is 0 Å². The van der Waals surface area contributed by atoms with Crippen LogP contribution in [0.25, 0.3) is 0 Å². The van der Waals surface area contributed by atoms with Gasteiger partial charge >= 0.3 is 0 Å². The number of nitrogens with one attached hydrogen (secondary N) is 1. The summed E-state index contributed by atoms with van der Waals surface area (Å²) in [5.74, 6) is 0.460. The number of carbonyl (C=O) groups excluding carboxylic acids is 1. The van der Waals surface area contributed by atoms with E-state index in [9.17, 15) is 13.2 Å². The molecule has 1 N–H and O–H groups in total. The minimum atomic E-state index is -3.43. The molecule has 0 bridgehead atoms. The van der Waals surface area contributed by atoms with E-state index in [1.54, 1.807) is 0 Å². The van der Waals surface area contributed by atoms with Crippen LogP contribution in [-0.2, 0) is 14.8 Å². The van der Waals surface area contributed by atoms with Gasteiger partial charge in [-0.2, -0.15) is 4.31 Å². The topological polar surface area (TPSA) is 103 Å². The molecule has 9 nitrogen and oxygen atoms in total. The fourth-order valence-corrected chi connectivity index (χ4v) is 3.89. The van der Waals surface area contributed by atoms with Crippen LogP contribution in [0.15, 0.2) is 12.1 Å². The van der Waals surface area contributed by atoms with E-state index < -0.39 is 15.9 Å². The number of hydrogen-bond acceptors (Lipinski definition) is 7. The lowest BCUT2D eigenvalue weighted by molar-refractivity contribution is 0.0730. The Morgan fingerprint density at radius 2 is 1.69 bits per heavy atom.